The standard InChI is InChI=1S/C11H19N3OS.2ClH/c1-4-5-9-14-8(3)10(16-9)11(15)13-7(2)6-12;;/h7H,4-6,12H2,1-3H3,(H,13,15);2*1H/t7-;;/m0../s1. The molecule has 4 nitrogen and oxygen atoms in total. The highest BCUT2D eigenvalue weighted by Gasteiger charge is 2.16. The molecule has 0 saturated heterocycles. The second-order valence-electron chi connectivity index (χ2n) is 3.88. The molecule has 0 aliphatic heterocycles. The van der Waals surface area contributed by atoms with Gasteiger partial charge < -0.3 is 11.1 Å². The zero-order chi connectivity index (χ0) is 12.1. The van der Waals surface area contributed by atoms with Gasteiger partial charge in [-0.25, -0.2) is 4.98 Å². The summed E-state index contributed by atoms with van der Waals surface area (Å²) in [4.78, 5) is 16.9. The number of rotatable bonds is 5. The number of carbonyl (C=O) groups is 1. The summed E-state index contributed by atoms with van der Waals surface area (Å²) < 4.78 is 0. The molecular formula is C11H21Cl2N3OS. The number of nitrogens with two attached hydrogens (primary N) is 1. The van der Waals surface area contributed by atoms with Crippen LogP contribution in [0.3, 0.4) is 0 Å². The van der Waals surface area contributed by atoms with Gasteiger partial charge in [0.05, 0.1) is 10.7 Å². The van der Waals surface area contributed by atoms with Crippen molar-refractivity contribution in [2.24, 2.45) is 5.73 Å². The molecule has 106 valence electrons. The molecule has 1 atom stereocenters. The lowest BCUT2D eigenvalue weighted by Gasteiger charge is -2.09. The Morgan fingerprint density at radius 3 is 2.61 bits per heavy atom. The van der Waals surface area contributed by atoms with Crippen LogP contribution in [0.2, 0.25) is 0 Å². The fourth-order valence-corrected chi connectivity index (χ4v) is 2.40. The second kappa shape index (κ2) is 9.55. The molecule has 0 unspecified atom stereocenters. The van der Waals surface area contributed by atoms with Gasteiger partial charge in [0.1, 0.15) is 4.88 Å². The first-order chi connectivity index (χ1) is 7.58. The average Bonchev–Trinajstić information content (AvgIpc) is 2.60. The highest BCUT2D eigenvalue weighted by molar-refractivity contribution is 7.13. The third-order valence-electron chi connectivity index (χ3n) is 2.24. The van der Waals surface area contributed by atoms with Crippen molar-refractivity contribution in [2.45, 2.75) is 39.7 Å². The van der Waals surface area contributed by atoms with Crippen LogP contribution in [0.25, 0.3) is 0 Å². The van der Waals surface area contributed by atoms with E-state index in [1.807, 2.05) is 13.8 Å². The van der Waals surface area contributed by atoms with E-state index in [4.69, 9.17) is 5.73 Å². The molecule has 1 amide bonds. The molecule has 3 N–H and O–H groups in total. The van der Waals surface area contributed by atoms with Crippen molar-refractivity contribution in [1.29, 1.82) is 0 Å². The zero-order valence-electron chi connectivity index (χ0n) is 10.9. The predicted molar refractivity (Wildman–Crippen MR) is 81.3 cm³/mol. The molecule has 7 heteroatoms. The zero-order valence-corrected chi connectivity index (χ0v) is 13.3. The third-order valence-corrected chi connectivity index (χ3v) is 3.46. The van der Waals surface area contributed by atoms with Crippen molar-refractivity contribution in [1.82, 2.24) is 10.3 Å². The number of nitrogens with one attached hydrogen (secondary N) is 1. The summed E-state index contributed by atoms with van der Waals surface area (Å²) in [5.74, 6) is -0.0599. The van der Waals surface area contributed by atoms with E-state index in [1.165, 1.54) is 11.3 Å². The smallest absolute Gasteiger partial charge is 0.263 e. The summed E-state index contributed by atoms with van der Waals surface area (Å²) >= 11 is 1.48. The number of hydrogen-bond donors (Lipinski definition) is 2. The van der Waals surface area contributed by atoms with E-state index < -0.39 is 0 Å². The summed E-state index contributed by atoms with van der Waals surface area (Å²) in [6, 6.07) is 0.00336. The number of nitrogens with zero attached hydrogens (tertiary/aromatic N) is 1. The average molecular weight is 314 g/mol. The van der Waals surface area contributed by atoms with Crippen LogP contribution in [0, 0.1) is 6.92 Å². The van der Waals surface area contributed by atoms with Gasteiger partial charge in [0.25, 0.3) is 5.91 Å². The Morgan fingerprint density at radius 1 is 1.50 bits per heavy atom. The van der Waals surface area contributed by atoms with Gasteiger partial charge >= 0.3 is 0 Å². The normalized spacial score (nSPS) is 11.1. The van der Waals surface area contributed by atoms with Gasteiger partial charge in [0.2, 0.25) is 0 Å². The van der Waals surface area contributed by atoms with Crippen LogP contribution in [0.4, 0.5) is 0 Å². The molecule has 1 aromatic rings. The Morgan fingerprint density at radius 2 is 2.11 bits per heavy atom. The fourth-order valence-electron chi connectivity index (χ4n) is 1.33. The van der Waals surface area contributed by atoms with Gasteiger partial charge in [-0.2, -0.15) is 0 Å². The Labute approximate surface area is 125 Å². The van der Waals surface area contributed by atoms with Crippen molar-refractivity contribution >= 4 is 42.1 Å². The number of halogens is 2. The van der Waals surface area contributed by atoms with Crippen molar-refractivity contribution < 1.29 is 4.79 Å². The molecule has 0 aromatic carbocycles. The second-order valence-corrected chi connectivity index (χ2v) is 4.97. The largest absolute Gasteiger partial charge is 0.348 e. The van der Waals surface area contributed by atoms with E-state index in [0.717, 1.165) is 23.5 Å². The molecule has 0 radical (unpaired) electrons. The monoisotopic (exact) mass is 313 g/mol. The lowest BCUT2D eigenvalue weighted by Crippen LogP contribution is -2.37. The number of carbonyl (C=O) groups excluding carboxylic acids is 1. The van der Waals surface area contributed by atoms with Gasteiger partial charge in [-0.3, -0.25) is 4.79 Å². The molecule has 0 bridgehead atoms. The van der Waals surface area contributed by atoms with Crippen LogP contribution in [0.1, 0.15) is 40.6 Å². The van der Waals surface area contributed by atoms with Crippen molar-refractivity contribution in [3.8, 4) is 0 Å². The van der Waals surface area contributed by atoms with E-state index in [2.05, 4.69) is 17.2 Å². The first-order valence-corrected chi connectivity index (χ1v) is 6.37. The fraction of sp³-hybridized carbons (Fsp3) is 0.636. The summed E-state index contributed by atoms with van der Waals surface area (Å²) in [6.07, 6.45) is 1.98. The Bertz CT molecular complexity index is 371. The van der Waals surface area contributed by atoms with Crippen LogP contribution in [-0.4, -0.2) is 23.5 Å². The van der Waals surface area contributed by atoms with Crippen LogP contribution in [-0.2, 0) is 6.42 Å². The Kier molecular flexibility index (Phi) is 10.6. The Hall–Kier alpha value is -0.360. The summed E-state index contributed by atoms with van der Waals surface area (Å²) in [5.41, 5.74) is 6.28. The van der Waals surface area contributed by atoms with Crippen LogP contribution in [0.15, 0.2) is 0 Å². The molecule has 1 heterocycles. The van der Waals surface area contributed by atoms with Gasteiger partial charge in [-0.05, 0) is 26.7 Å². The van der Waals surface area contributed by atoms with Crippen molar-refractivity contribution in [3.63, 3.8) is 0 Å². The van der Waals surface area contributed by atoms with Crippen molar-refractivity contribution in [2.75, 3.05) is 6.54 Å². The maximum Gasteiger partial charge on any atom is 0.263 e. The lowest BCUT2D eigenvalue weighted by atomic mass is 10.3. The molecule has 0 spiro atoms. The first-order valence-electron chi connectivity index (χ1n) is 5.55. The van der Waals surface area contributed by atoms with Crippen LogP contribution >= 0.6 is 36.2 Å². The number of aromatic nitrogens is 1. The SMILES string of the molecule is CCCc1nc(C)c(C(=O)N[C@@H](C)CN)s1.Cl.Cl. The third kappa shape index (κ3) is 5.52. The minimum absolute atomic E-state index is 0. The van der Waals surface area contributed by atoms with E-state index in [1.54, 1.807) is 0 Å². The molecule has 0 saturated carbocycles. The maximum absolute atomic E-state index is 11.9. The number of aryl methyl sites for hydroxylation is 2. The highest BCUT2D eigenvalue weighted by Crippen LogP contribution is 2.19. The van der Waals surface area contributed by atoms with E-state index in [0.29, 0.717) is 11.4 Å². The minimum Gasteiger partial charge on any atom is -0.348 e. The molecule has 1 rings (SSSR count). The van der Waals surface area contributed by atoms with E-state index in [-0.39, 0.29) is 36.8 Å². The highest BCUT2D eigenvalue weighted by atomic mass is 35.5. The minimum atomic E-state index is -0.0599. The number of amides is 1. The predicted octanol–water partition coefficient (Wildman–Crippen LogP) is 2.32. The molecule has 1 aromatic heterocycles. The topological polar surface area (TPSA) is 68.0 Å². The molecule has 0 fully saturated rings. The van der Waals surface area contributed by atoms with Gasteiger partial charge in [0, 0.05) is 12.6 Å². The quantitative estimate of drug-likeness (QED) is 0.876. The lowest BCUT2D eigenvalue weighted by molar-refractivity contribution is 0.0944. The number of thiazole rings is 1. The van der Waals surface area contributed by atoms with E-state index in [9.17, 15) is 4.79 Å². The summed E-state index contributed by atoms with van der Waals surface area (Å²) in [5, 5.41) is 3.88. The molecular weight excluding hydrogens is 293 g/mol. The Balaban J connectivity index is 0. The van der Waals surface area contributed by atoms with E-state index >= 15 is 0 Å². The van der Waals surface area contributed by atoms with Crippen molar-refractivity contribution in [3.05, 3.63) is 15.6 Å². The van der Waals surface area contributed by atoms with Crippen LogP contribution in [0.5, 0.6) is 0 Å². The maximum atomic E-state index is 11.9. The summed E-state index contributed by atoms with van der Waals surface area (Å²) in [7, 11) is 0. The summed E-state index contributed by atoms with van der Waals surface area (Å²) in [6.45, 7) is 6.32. The van der Waals surface area contributed by atoms with Crippen LogP contribution < -0.4 is 11.1 Å². The first kappa shape index (κ1) is 20.0. The number of hydrogen-bond acceptors (Lipinski definition) is 4. The van der Waals surface area contributed by atoms with Gasteiger partial charge in [-0.15, -0.1) is 36.2 Å². The molecule has 0 aliphatic rings. The van der Waals surface area contributed by atoms with Gasteiger partial charge in [0.15, 0.2) is 0 Å². The molecule has 0 aliphatic carbocycles. The molecule has 18 heavy (non-hydrogen) atoms. The van der Waals surface area contributed by atoms with Gasteiger partial charge in [-0.1, -0.05) is 6.92 Å².